The van der Waals surface area contributed by atoms with Crippen LogP contribution in [0.15, 0.2) is 254 Å². The van der Waals surface area contributed by atoms with Gasteiger partial charge in [-0.25, -0.2) is 0 Å². The van der Waals surface area contributed by atoms with Crippen molar-refractivity contribution in [3.8, 4) is 11.1 Å². The number of hydrazine groups is 1. The largest absolute Gasteiger partial charge is 0.272 e. The third-order valence-corrected chi connectivity index (χ3v) is 10.3. The van der Waals surface area contributed by atoms with Crippen LogP contribution in [0.5, 0.6) is 0 Å². The molecular weight excluding hydrogens is 713 g/mol. The molecule has 0 unspecified atom stereocenters. The molecule has 0 saturated heterocycles. The van der Waals surface area contributed by atoms with E-state index in [4.69, 9.17) is 0 Å². The van der Waals surface area contributed by atoms with Gasteiger partial charge in [-0.1, -0.05) is 219 Å². The molecule has 1 aliphatic carbocycles. The molecule has 1 aliphatic rings. The lowest BCUT2D eigenvalue weighted by Crippen LogP contribution is -2.13. The summed E-state index contributed by atoms with van der Waals surface area (Å²) in [7, 11) is 1.65. The monoisotopic (exact) mass is 762 g/mol. The van der Waals surface area contributed by atoms with Crippen LogP contribution in [-0.4, -0.2) is 7.05 Å². The summed E-state index contributed by atoms with van der Waals surface area (Å²) in [6.45, 7) is 0. The molecule has 288 valence electrons. The van der Waals surface area contributed by atoms with Gasteiger partial charge in [0.15, 0.2) is 0 Å². The van der Waals surface area contributed by atoms with Crippen molar-refractivity contribution in [3.05, 3.63) is 277 Å². The molecule has 0 radical (unpaired) electrons. The lowest BCUT2D eigenvalue weighted by atomic mass is 9.84. The fourth-order valence-corrected chi connectivity index (χ4v) is 7.44. The first-order valence-electron chi connectivity index (χ1n) is 20.2. The highest BCUT2D eigenvalue weighted by atomic mass is 15.2. The summed E-state index contributed by atoms with van der Waals surface area (Å²) in [6.07, 6.45) is 29.5. The zero-order valence-corrected chi connectivity index (χ0v) is 33.5. The Morgan fingerprint density at radius 3 is 1.69 bits per heavy atom. The van der Waals surface area contributed by atoms with E-state index in [-0.39, 0.29) is 5.92 Å². The van der Waals surface area contributed by atoms with Crippen molar-refractivity contribution in [2.45, 2.75) is 12.3 Å². The van der Waals surface area contributed by atoms with Gasteiger partial charge in [0.2, 0.25) is 0 Å². The Bertz CT molecular complexity index is 2670. The molecule has 0 spiro atoms. The normalized spacial score (nSPS) is 18.7. The SMILES string of the molecule is C1=C\C(C(c2ccccc2)c2ccccc2)=C/C=C\C=C\C(c2ccc3cc4ccccc4cc3c2)=C\C(c2cccc(-c3ccccc3)c2)=C/C/C=C/C=C/1.CNN. The van der Waals surface area contributed by atoms with Crippen LogP contribution in [0, 0.1) is 0 Å². The second kappa shape index (κ2) is 20.9. The molecule has 0 heterocycles. The number of hydrogen-bond acceptors (Lipinski definition) is 2. The van der Waals surface area contributed by atoms with Crippen LogP contribution < -0.4 is 11.3 Å². The molecule has 0 fully saturated rings. The predicted molar refractivity (Wildman–Crippen MR) is 256 cm³/mol. The van der Waals surface area contributed by atoms with Crippen molar-refractivity contribution in [1.29, 1.82) is 0 Å². The summed E-state index contributed by atoms with van der Waals surface area (Å²) in [5, 5.41) is 4.97. The van der Waals surface area contributed by atoms with Crippen LogP contribution in [-0.2, 0) is 0 Å². The van der Waals surface area contributed by atoms with Gasteiger partial charge in [0, 0.05) is 5.92 Å². The summed E-state index contributed by atoms with van der Waals surface area (Å²) >= 11 is 0. The highest BCUT2D eigenvalue weighted by Crippen LogP contribution is 2.34. The van der Waals surface area contributed by atoms with Gasteiger partial charge in [-0.05, 0) is 115 Å². The third kappa shape index (κ3) is 10.9. The fraction of sp³-hybridized carbons (Fsp3) is 0.0526. The number of rotatable bonds is 6. The van der Waals surface area contributed by atoms with Crippen molar-refractivity contribution in [1.82, 2.24) is 5.43 Å². The van der Waals surface area contributed by atoms with Gasteiger partial charge in [-0.2, -0.15) is 0 Å². The van der Waals surface area contributed by atoms with Gasteiger partial charge >= 0.3 is 0 Å². The van der Waals surface area contributed by atoms with Crippen LogP contribution in [0.4, 0.5) is 0 Å². The minimum absolute atomic E-state index is 0.0934. The van der Waals surface area contributed by atoms with E-state index < -0.39 is 0 Å². The Morgan fingerprint density at radius 1 is 0.441 bits per heavy atom. The third-order valence-electron chi connectivity index (χ3n) is 10.3. The van der Waals surface area contributed by atoms with Gasteiger partial charge in [0.05, 0.1) is 0 Å². The average molecular weight is 763 g/mol. The van der Waals surface area contributed by atoms with E-state index in [2.05, 4.69) is 260 Å². The molecule has 0 saturated carbocycles. The molecule has 0 aromatic heterocycles. The van der Waals surface area contributed by atoms with Crippen molar-refractivity contribution in [3.63, 3.8) is 0 Å². The van der Waals surface area contributed by atoms with Gasteiger partial charge in [0.1, 0.15) is 0 Å². The topological polar surface area (TPSA) is 38.0 Å². The van der Waals surface area contributed by atoms with Gasteiger partial charge in [0.25, 0.3) is 0 Å². The number of nitrogens with one attached hydrogen (secondary N) is 1. The quantitative estimate of drug-likeness (QED) is 0.101. The summed E-state index contributed by atoms with van der Waals surface area (Å²) in [5.41, 5.74) is 13.1. The molecule has 7 aromatic rings. The van der Waals surface area contributed by atoms with Gasteiger partial charge in [-0.15, -0.1) is 0 Å². The van der Waals surface area contributed by atoms with E-state index in [0.717, 1.165) is 12.0 Å². The van der Waals surface area contributed by atoms with Crippen LogP contribution in [0.3, 0.4) is 0 Å². The molecule has 8 rings (SSSR count). The minimum atomic E-state index is 0.0934. The molecular formula is C57H50N2. The maximum atomic E-state index is 4.60. The molecule has 0 atom stereocenters. The lowest BCUT2D eigenvalue weighted by Gasteiger charge is -2.19. The molecule has 0 amide bonds. The lowest BCUT2D eigenvalue weighted by molar-refractivity contribution is 0.900. The number of allylic oxidation sites excluding steroid dienone is 16. The molecule has 2 heteroatoms. The first kappa shape index (κ1) is 40.1. The van der Waals surface area contributed by atoms with Crippen molar-refractivity contribution < 1.29 is 0 Å². The Balaban J connectivity index is 0.00000171. The Labute approximate surface area is 349 Å². The second-order valence-electron chi connectivity index (χ2n) is 14.3. The average Bonchev–Trinajstić information content (AvgIpc) is 3.29. The van der Waals surface area contributed by atoms with Gasteiger partial charge < -0.3 is 0 Å². The molecule has 0 aliphatic heterocycles. The van der Waals surface area contributed by atoms with E-state index in [1.807, 2.05) is 0 Å². The zero-order chi connectivity index (χ0) is 40.5. The highest BCUT2D eigenvalue weighted by molar-refractivity contribution is 6.00. The molecule has 7 aromatic carbocycles. The first-order chi connectivity index (χ1) is 29.2. The second-order valence-corrected chi connectivity index (χ2v) is 14.3. The van der Waals surface area contributed by atoms with Crippen LogP contribution in [0.1, 0.15) is 34.6 Å². The maximum absolute atomic E-state index is 4.60. The first-order valence-corrected chi connectivity index (χ1v) is 20.2. The van der Waals surface area contributed by atoms with Crippen molar-refractivity contribution in [2.24, 2.45) is 5.84 Å². The minimum Gasteiger partial charge on any atom is -0.272 e. The summed E-state index contributed by atoms with van der Waals surface area (Å²) < 4.78 is 0. The van der Waals surface area contributed by atoms with E-state index in [1.165, 1.54) is 66.1 Å². The van der Waals surface area contributed by atoms with Gasteiger partial charge in [-0.3, -0.25) is 11.3 Å². The molecule has 0 bridgehead atoms. The summed E-state index contributed by atoms with van der Waals surface area (Å²) in [4.78, 5) is 0. The summed E-state index contributed by atoms with van der Waals surface area (Å²) in [5.74, 6) is 4.69. The Morgan fingerprint density at radius 2 is 0.983 bits per heavy atom. The molecule has 59 heavy (non-hydrogen) atoms. The number of fused-ring (bicyclic) bond motifs is 2. The summed E-state index contributed by atoms with van der Waals surface area (Å²) in [6, 6.07) is 61.1. The molecule has 3 N–H and O–H groups in total. The maximum Gasteiger partial charge on any atom is 0.0339 e. The van der Waals surface area contributed by atoms with E-state index in [0.29, 0.717) is 0 Å². The van der Waals surface area contributed by atoms with Crippen molar-refractivity contribution >= 4 is 32.7 Å². The van der Waals surface area contributed by atoms with E-state index in [1.54, 1.807) is 7.05 Å². The standard InChI is InChI=1S/C56H44.CH6N2/c1-2-4-10-30-48(52-35-21-34-47(38-52)43-22-11-5-12-23-43)39-50(53-36-37-54-40-49-32-19-20-33-51(49)41-55(54)42-53)31-18-8-17-29-44(24-9-3-1)56(45-25-13-6-14-26-45)46-27-15-7-16-28-46;1-3-2/h1-9,11-42,56H,10H2;3H,2H2,1H3/b3-1+,4-2+,17-8-,24-9-,31-18+,44-29+,48-30+,50-39-;. The smallest absolute Gasteiger partial charge is 0.0339 e. The van der Waals surface area contributed by atoms with E-state index in [9.17, 15) is 0 Å². The Hall–Kier alpha value is -7.10. The van der Waals surface area contributed by atoms with Crippen molar-refractivity contribution in [2.75, 3.05) is 7.05 Å². The highest BCUT2D eigenvalue weighted by Gasteiger charge is 2.16. The van der Waals surface area contributed by atoms with Crippen LogP contribution >= 0.6 is 0 Å². The van der Waals surface area contributed by atoms with Crippen LogP contribution in [0.25, 0.3) is 43.8 Å². The van der Waals surface area contributed by atoms with Crippen LogP contribution in [0.2, 0.25) is 0 Å². The zero-order valence-electron chi connectivity index (χ0n) is 33.5. The molecule has 2 nitrogen and oxygen atoms in total. The fourth-order valence-electron chi connectivity index (χ4n) is 7.44. The predicted octanol–water partition coefficient (Wildman–Crippen LogP) is 14.1. The Kier molecular flexibility index (Phi) is 14.2. The number of benzene rings is 7. The number of hydrogen-bond donors (Lipinski definition) is 2. The number of nitrogens with two attached hydrogens (primary N) is 1. The van der Waals surface area contributed by atoms with E-state index >= 15 is 0 Å².